The number of piperidine rings is 1. The highest BCUT2D eigenvalue weighted by Gasteiger charge is 2.22. The van der Waals surface area contributed by atoms with Gasteiger partial charge in [0.2, 0.25) is 0 Å². The first-order valence-electron chi connectivity index (χ1n) is 12.7. The van der Waals surface area contributed by atoms with Gasteiger partial charge in [-0.3, -0.25) is 9.47 Å². The van der Waals surface area contributed by atoms with Crippen molar-refractivity contribution in [3.8, 4) is 17.2 Å². The van der Waals surface area contributed by atoms with Crippen molar-refractivity contribution in [2.24, 2.45) is 0 Å². The molecular formula is C29H34N5OS+. The summed E-state index contributed by atoms with van der Waals surface area (Å²) in [5.41, 5.74) is 5.82. The number of likely N-dealkylation sites (tertiary alicyclic amines) is 1. The van der Waals surface area contributed by atoms with Gasteiger partial charge < -0.3 is 4.74 Å². The third kappa shape index (κ3) is 4.99. The third-order valence-corrected chi connectivity index (χ3v) is 8.19. The van der Waals surface area contributed by atoms with Crippen molar-refractivity contribution >= 4 is 32.8 Å². The molecule has 1 aliphatic heterocycles. The lowest BCUT2D eigenvalue weighted by atomic mass is 9.94. The predicted octanol–water partition coefficient (Wildman–Crippen LogP) is 5.52. The Morgan fingerprint density at radius 3 is 2.64 bits per heavy atom. The van der Waals surface area contributed by atoms with Gasteiger partial charge in [0.05, 0.1) is 30.8 Å². The zero-order valence-electron chi connectivity index (χ0n) is 21.4. The van der Waals surface area contributed by atoms with Gasteiger partial charge in [-0.25, -0.2) is 9.97 Å². The van der Waals surface area contributed by atoms with Crippen LogP contribution in [0.1, 0.15) is 43.5 Å². The van der Waals surface area contributed by atoms with Crippen molar-refractivity contribution in [1.82, 2.24) is 19.4 Å². The molecule has 0 bridgehead atoms. The zero-order valence-corrected chi connectivity index (χ0v) is 22.2. The van der Waals surface area contributed by atoms with Crippen LogP contribution in [0.3, 0.4) is 0 Å². The van der Waals surface area contributed by atoms with E-state index in [2.05, 4.69) is 70.3 Å². The highest BCUT2D eigenvalue weighted by Crippen LogP contribution is 2.34. The van der Waals surface area contributed by atoms with Gasteiger partial charge in [-0.1, -0.05) is 37.6 Å². The zero-order chi connectivity index (χ0) is 25.1. The largest absolute Gasteiger partial charge is 0.356 e. The Labute approximate surface area is 216 Å². The Balaban J connectivity index is 1.49. The average Bonchev–Trinajstić information content (AvgIpc) is 3.23. The van der Waals surface area contributed by atoms with Gasteiger partial charge >= 0.3 is 0 Å². The van der Waals surface area contributed by atoms with Crippen molar-refractivity contribution in [2.45, 2.75) is 39.0 Å². The number of benzene rings is 1. The van der Waals surface area contributed by atoms with Crippen LogP contribution in [0.15, 0.2) is 48.8 Å². The molecule has 1 fully saturated rings. The monoisotopic (exact) mass is 500 g/mol. The number of ether oxygens (including phenoxy) is 1. The van der Waals surface area contributed by atoms with Crippen LogP contribution in [-0.4, -0.2) is 57.4 Å². The Bertz CT molecular complexity index is 1390. The lowest BCUT2D eigenvalue weighted by Crippen LogP contribution is -2.33. The Hall–Kier alpha value is -2.92. The van der Waals surface area contributed by atoms with Crippen molar-refractivity contribution in [3.63, 3.8) is 0 Å². The van der Waals surface area contributed by atoms with Gasteiger partial charge in [-0.05, 0) is 60.1 Å². The molecule has 1 atom stereocenters. The molecule has 36 heavy (non-hydrogen) atoms. The van der Waals surface area contributed by atoms with Crippen LogP contribution >= 0.6 is 0 Å². The van der Waals surface area contributed by atoms with Gasteiger partial charge in [0.25, 0.3) is 0 Å². The Morgan fingerprint density at radius 2 is 1.89 bits per heavy atom. The standard InChI is InChI=1S/C29H34N5OS/c1-4-33-12-6-5-7-27(33)22-10-8-21(9-11-22)23-15-26-25-16-24(17-30)31-19-28(25)34(29(26)32-18-23)20-35-13-14-36(2)3/h8-11,15-16,18-19,27H,4-7,12-14,20H2,1-3H3/q+1. The molecule has 1 aliphatic rings. The number of nitriles is 1. The molecular weight excluding hydrogens is 466 g/mol. The molecule has 0 radical (unpaired) electrons. The predicted molar refractivity (Wildman–Crippen MR) is 149 cm³/mol. The van der Waals surface area contributed by atoms with E-state index in [4.69, 9.17) is 9.72 Å². The number of hydrogen-bond acceptors (Lipinski definition) is 5. The molecule has 0 spiro atoms. The molecule has 0 amide bonds. The van der Waals surface area contributed by atoms with E-state index in [0.717, 1.165) is 45.4 Å². The second kappa shape index (κ2) is 11.0. The van der Waals surface area contributed by atoms with Crippen LogP contribution in [-0.2, 0) is 22.4 Å². The molecule has 4 heterocycles. The van der Waals surface area contributed by atoms with E-state index in [0.29, 0.717) is 36.0 Å². The minimum Gasteiger partial charge on any atom is -0.356 e. The number of aromatic nitrogens is 3. The van der Waals surface area contributed by atoms with Gasteiger partial charge in [-0.15, -0.1) is 0 Å². The van der Waals surface area contributed by atoms with E-state index in [1.807, 2.05) is 12.3 Å². The molecule has 3 aromatic heterocycles. The summed E-state index contributed by atoms with van der Waals surface area (Å²) in [4.78, 5) is 11.8. The average molecular weight is 501 g/mol. The van der Waals surface area contributed by atoms with E-state index < -0.39 is 0 Å². The minimum absolute atomic E-state index is 0.346. The maximum Gasteiger partial charge on any atom is 0.142 e. The van der Waals surface area contributed by atoms with E-state index in [-0.39, 0.29) is 0 Å². The molecule has 7 heteroatoms. The molecule has 0 saturated carbocycles. The van der Waals surface area contributed by atoms with Gasteiger partial charge in [0.1, 0.15) is 29.9 Å². The molecule has 0 aliphatic carbocycles. The first-order chi connectivity index (χ1) is 17.6. The van der Waals surface area contributed by atoms with E-state index in [1.54, 1.807) is 6.20 Å². The second-order valence-electron chi connectivity index (χ2n) is 9.71. The van der Waals surface area contributed by atoms with Crippen molar-refractivity contribution in [2.75, 3.05) is 38.0 Å². The van der Waals surface area contributed by atoms with Gasteiger partial charge in [0.15, 0.2) is 0 Å². The smallest absolute Gasteiger partial charge is 0.142 e. The van der Waals surface area contributed by atoms with Crippen LogP contribution in [0.25, 0.3) is 33.1 Å². The van der Waals surface area contributed by atoms with Crippen molar-refractivity contribution < 1.29 is 4.74 Å². The van der Waals surface area contributed by atoms with E-state index in [1.165, 1.54) is 31.4 Å². The lowest BCUT2D eigenvalue weighted by molar-refractivity contribution is 0.0951. The normalized spacial score (nSPS) is 16.7. The van der Waals surface area contributed by atoms with Crippen molar-refractivity contribution in [1.29, 1.82) is 5.26 Å². The summed E-state index contributed by atoms with van der Waals surface area (Å²) in [7, 11) is 0.346. The highest BCUT2D eigenvalue weighted by molar-refractivity contribution is 7.95. The quantitative estimate of drug-likeness (QED) is 0.235. The maximum absolute atomic E-state index is 9.44. The van der Waals surface area contributed by atoms with Crippen LogP contribution in [0.4, 0.5) is 0 Å². The molecule has 1 aromatic carbocycles. The second-order valence-corrected chi connectivity index (χ2v) is 12.1. The van der Waals surface area contributed by atoms with Crippen LogP contribution < -0.4 is 0 Å². The van der Waals surface area contributed by atoms with Gasteiger partial charge in [0, 0.05) is 28.6 Å². The SMILES string of the molecule is CCN1CCCCC1c1ccc(-c2cnc3c(c2)c2cc(C#N)ncc2n3COCC[S+](C)C)cc1. The third-order valence-electron chi connectivity index (χ3n) is 7.21. The lowest BCUT2D eigenvalue weighted by Gasteiger charge is -2.35. The van der Waals surface area contributed by atoms with E-state index >= 15 is 0 Å². The fourth-order valence-electron chi connectivity index (χ4n) is 5.24. The minimum atomic E-state index is 0.346. The molecule has 6 nitrogen and oxygen atoms in total. The fraction of sp³-hybridized carbons (Fsp3) is 0.414. The first kappa shape index (κ1) is 24.8. The Morgan fingerprint density at radius 1 is 1.06 bits per heavy atom. The van der Waals surface area contributed by atoms with Gasteiger partial charge in [-0.2, -0.15) is 5.26 Å². The summed E-state index contributed by atoms with van der Waals surface area (Å²) in [6.07, 6.45) is 12.0. The molecule has 5 rings (SSSR count). The summed E-state index contributed by atoms with van der Waals surface area (Å²) in [6.45, 7) is 5.67. The Kier molecular flexibility index (Phi) is 7.56. The van der Waals surface area contributed by atoms with E-state index in [9.17, 15) is 5.26 Å². The summed E-state index contributed by atoms with van der Waals surface area (Å²) >= 11 is 0. The molecule has 186 valence electrons. The summed E-state index contributed by atoms with van der Waals surface area (Å²) in [5.74, 6) is 1.04. The number of pyridine rings is 2. The van der Waals surface area contributed by atoms with Crippen LogP contribution in [0, 0.1) is 11.3 Å². The number of hydrogen-bond donors (Lipinski definition) is 0. The molecule has 4 aromatic rings. The molecule has 1 saturated heterocycles. The first-order valence-corrected chi connectivity index (χ1v) is 14.9. The summed E-state index contributed by atoms with van der Waals surface area (Å²) in [5, 5.41) is 11.4. The number of fused-ring (bicyclic) bond motifs is 3. The van der Waals surface area contributed by atoms with Crippen LogP contribution in [0.5, 0.6) is 0 Å². The fourth-order valence-corrected chi connectivity index (χ4v) is 5.69. The molecule has 1 unspecified atom stereocenters. The summed E-state index contributed by atoms with van der Waals surface area (Å²) in [6, 6.07) is 15.7. The van der Waals surface area contributed by atoms with Crippen molar-refractivity contribution in [3.05, 3.63) is 60.0 Å². The number of rotatable bonds is 8. The summed E-state index contributed by atoms with van der Waals surface area (Å²) < 4.78 is 8.07. The maximum atomic E-state index is 9.44. The topological polar surface area (TPSA) is 67.0 Å². The molecule has 0 N–H and O–H groups in total. The highest BCUT2D eigenvalue weighted by atomic mass is 32.2. The van der Waals surface area contributed by atoms with Crippen LogP contribution in [0.2, 0.25) is 0 Å². The number of nitrogens with zero attached hydrogens (tertiary/aromatic N) is 5.